The summed E-state index contributed by atoms with van der Waals surface area (Å²) in [5, 5.41) is 0. The number of nitrogens with zero attached hydrogens (tertiary/aromatic N) is 4. The van der Waals surface area contributed by atoms with E-state index in [0.717, 1.165) is 66.7 Å². The average molecular weight is 485 g/mol. The van der Waals surface area contributed by atoms with Crippen LogP contribution in [0, 0.1) is 11.8 Å². The molecule has 7 heteroatoms. The van der Waals surface area contributed by atoms with Crippen LogP contribution in [0.4, 0.5) is 5.82 Å². The van der Waals surface area contributed by atoms with E-state index in [9.17, 15) is 9.59 Å². The highest BCUT2D eigenvalue weighted by atomic mass is 79.9. The van der Waals surface area contributed by atoms with Crippen molar-refractivity contribution in [3.8, 4) is 0 Å². The molecule has 4 rings (SSSR count). The van der Waals surface area contributed by atoms with E-state index >= 15 is 0 Å². The third-order valence-electron chi connectivity index (χ3n) is 6.36. The molecule has 0 atom stereocenters. The van der Waals surface area contributed by atoms with Gasteiger partial charge < -0.3 is 9.80 Å². The zero-order chi connectivity index (χ0) is 22.0. The third-order valence-corrected chi connectivity index (χ3v) is 6.89. The molecule has 1 aromatic heterocycles. The molecule has 2 fully saturated rings. The molecule has 0 radical (unpaired) electrons. The number of carbonyl (C=O) groups is 2. The molecule has 2 aliphatic rings. The molecule has 0 unspecified atom stereocenters. The van der Waals surface area contributed by atoms with Crippen LogP contribution < -0.4 is 4.90 Å². The van der Waals surface area contributed by atoms with Crippen LogP contribution in [-0.2, 0) is 17.8 Å². The lowest BCUT2D eigenvalue weighted by molar-refractivity contribution is -0.124. The molecule has 31 heavy (non-hydrogen) atoms. The first-order chi connectivity index (χ1) is 15.0. The van der Waals surface area contributed by atoms with E-state index in [4.69, 9.17) is 0 Å². The number of Topliss-reactive ketones (excluding diaryl/α,β-unsaturated/α-hetero) is 1. The number of hydrogen-bond donors (Lipinski definition) is 0. The van der Waals surface area contributed by atoms with E-state index in [1.54, 1.807) is 11.2 Å². The molecule has 1 saturated carbocycles. The van der Waals surface area contributed by atoms with Crippen molar-refractivity contribution >= 4 is 33.4 Å². The van der Waals surface area contributed by atoms with E-state index in [0.29, 0.717) is 23.8 Å². The first kappa shape index (κ1) is 21.9. The fourth-order valence-corrected chi connectivity index (χ4v) is 4.64. The smallest absolute Gasteiger partial charge is 0.253 e. The quantitative estimate of drug-likeness (QED) is 0.586. The van der Waals surface area contributed by atoms with E-state index in [1.807, 2.05) is 31.3 Å². The van der Waals surface area contributed by atoms with Gasteiger partial charge in [0.25, 0.3) is 5.91 Å². The lowest BCUT2D eigenvalue weighted by Crippen LogP contribution is -2.38. The van der Waals surface area contributed by atoms with Gasteiger partial charge in [-0.2, -0.15) is 0 Å². The molecule has 0 bridgehead atoms. The zero-order valence-corrected chi connectivity index (χ0v) is 19.8. The van der Waals surface area contributed by atoms with Crippen LogP contribution in [0.5, 0.6) is 0 Å². The van der Waals surface area contributed by atoms with Gasteiger partial charge in [-0.3, -0.25) is 9.59 Å². The molecule has 2 heterocycles. The average Bonchev–Trinajstić information content (AvgIpc) is 3.64. The first-order valence-electron chi connectivity index (χ1n) is 11.1. The topological polar surface area (TPSA) is 66.4 Å². The van der Waals surface area contributed by atoms with Crippen molar-refractivity contribution in [2.24, 2.45) is 11.8 Å². The van der Waals surface area contributed by atoms with Crippen molar-refractivity contribution in [1.29, 1.82) is 0 Å². The maximum Gasteiger partial charge on any atom is 0.253 e. The van der Waals surface area contributed by atoms with Crippen molar-refractivity contribution in [2.45, 2.75) is 45.6 Å². The third kappa shape index (κ3) is 4.97. The highest BCUT2D eigenvalue weighted by Crippen LogP contribution is 2.36. The predicted octanol–water partition coefficient (Wildman–Crippen LogP) is 4.27. The number of hydrogen-bond acceptors (Lipinski definition) is 5. The molecule has 0 N–H and O–H groups in total. The Morgan fingerprint density at radius 3 is 2.32 bits per heavy atom. The molecule has 1 amide bonds. The van der Waals surface area contributed by atoms with Crippen LogP contribution in [0.25, 0.3) is 0 Å². The highest BCUT2D eigenvalue weighted by molar-refractivity contribution is 9.10. The number of aromatic nitrogens is 2. The van der Waals surface area contributed by atoms with Crippen LogP contribution in [0.3, 0.4) is 0 Å². The monoisotopic (exact) mass is 484 g/mol. The molecular weight excluding hydrogens is 456 g/mol. The standard InChI is InChI=1S/C24H29BrN4O2/c1-3-21-20(14-28(2)24(31)18-6-8-19(25)9-7-18)23(27-15-26-21)29-12-10-17(11-13-29)22(30)16-4-5-16/h6-9,15-17H,3-5,10-14H2,1-2H3. The fourth-order valence-electron chi connectivity index (χ4n) is 4.38. The summed E-state index contributed by atoms with van der Waals surface area (Å²) in [6.07, 6.45) is 6.32. The minimum absolute atomic E-state index is 0.0295. The number of aryl methyl sites for hydroxylation is 1. The lowest BCUT2D eigenvalue weighted by Gasteiger charge is -2.34. The number of anilines is 1. The van der Waals surface area contributed by atoms with Gasteiger partial charge in [-0.05, 0) is 56.4 Å². The van der Waals surface area contributed by atoms with Gasteiger partial charge in [0, 0.05) is 47.6 Å². The van der Waals surface area contributed by atoms with Gasteiger partial charge >= 0.3 is 0 Å². The predicted molar refractivity (Wildman–Crippen MR) is 124 cm³/mol. The number of carbonyl (C=O) groups excluding carboxylic acids is 2. The second-order valence-corrected chi connectivity index (χ2v) is 9.50. The summed E-state index contributed by atoms with van der Waals surface area (Å²) in [4.78, 5) is 38.5. The Morgan fingerprint density at radius 1 is 1.06 bits per heavy atom. The van der Waals surface area contributed by atoms with Crippen molar-refractivity contribution in [3.63, 3.8) is 0 Å². The van der Waals surface area contributed by atoms with Crippen molar-refractivity contribution in [1.82, 2.24) is 14.9 Å². The van der Waals surface area contributed by atoms with Crippen molar-refractivity contribution < 1.29 is 9.59 Å². The maximum atomic E-state index is 13.0. The number of halogens is 1. The van der Waals surface area contributed by atoms with Gasteiger partial charge in [0.1, 0.15) is 17.9 Å². The molecule has 164 valence electrons. The minimum atomic E-state index is -0.0295. The number of ketones is 1. The van der Waals surface area contributed by atoms with Crippen molar-refractivity contribution in [3.05, 3.63) is 51.9 Å². The number of rotatable bonds is 7. The number of piperidine rings is 1. The van der Waals surface area contributed by atoms with E-state index in [1.165, 1.54) is 0 Å². The molecule has 1 aromatic carbocycles. The summed E-state index contributed by atoms with van der Waals surface area (Å²) < 4.78 is 0.947. The van der Waals surface area contributed by atoms with E-state index in [2.05, 4.69) is 37.7 Å². The van der Waals surface area contributed by atoms with Gasteiger partial charge in [0.2, 0.25) is 0 Å². The summed E-state index contributed by atoms with van der Waals surface area (Å²) >= 11 is 3.41. The van der Waals surface area contributed by atoms with Crippen LogP contribution in [0.15, 0.2) is 35.1 Å². The molecule has 1 aliphatic heterocycles. The Bertz CT molecular complexity index is 951. The normalized spacial score (nSPS) is 16.9. The Morgan fingerprint density at radius 2 is 1.71 bits per heavy atom. The largest absolute Gasteiger partial charge is 0.356 e. The molecule has 2 aromatic rings. The Hall–Kier alpha value is -2.28. The minimum Gasteiger partial charge on any atom is -0.356 e. The maximum absolute atomic E-state index is 13.0. The summed E-state index contributed by atoms with van der Waals surface area (Å²) in [6.45, 7) is 4.17. The molecule has 1 saturated heterocycles. The van der Waals surface area contributed by atoms with E-state index < -0.39 is 0 Å². The molecular formula is C24H29BrN4O2. The van der Waals surface area contributed by atoms with E-state index in [-0.39, 0.29) is 11.8 Å². The molecule has 6 nitrogen and oxygen atoms in total. The van der Waals surface area contributed by atoms with Gasteiger partial charge in [-0.15, -0.1) is 0 Å². The van der Waals surface area contributed by atoms with Gasteiger partial charge in [0.05, 0.1) is 12.2 Å². The first-order valence-corrected chi connectivity index (χ1v) is 11.9. The second kappa shape index (κ2) is 9.47. The van der Waals surface area contributed by atoms with Crippen LogP contribution in [0.2, 0.25) is 0 Å². The number of benzene rings is 1. The Balaban J connectivity index is 1.50. The zero-order valence-electron chi connectivity index (χ0n) is 18.2. The number of amides is 1. The van der Waals surface area contributed by atoms with Gasteiger partial charge in [-0.1, -0.05) is 22.9 Å². The lowest BCUT2D eigenvalue weighted by atomic mass is 9.90. The molecule has 1 aliphatic carbocycles. The van der Waals surface area contributed by atoms with Crippen molar-refractivity contribution in [2.75, 3.05) is 25.0 Å². The highest BCUT2D eigenvalue weighted by Gasteiger charge is 2.36. The fraction of sp³-hybridized carbons (Fsp3) is 0.500. The van der Waals surface area contributed by atoms with Gasteiger partial charge in [-0.25, -0.2) is 9.97 Å². The second-order valence-electron chi connectivity index (χ2n) is 8.58. The Kier molecular flexibility index (Phi) is 6.70. The summed E-state index contributed by atoms with van der Waals surface area (Å²) in [5.74, 6) is 1.87. The summed E-state index contributed by atoms with van der Waals surface area (Å²) in [5.41, 5.74) is 2.63. The van der Waals surface area contributed by atoms with Gasteiger partial charge in [0.15, 0.2) is 0 Å². The van der Waals surface area contributed by atoms with Crippen LogP contribution in [-0.4, -0.2) is 46.7 Å². The van der Waals surface area contributed by atoms with Crippen LogP contribution in [0.1, 0.15) is 54.2 Å². The summed E-state index contributed by atoms with van der Waals surface area (Å²) in [6, 6.07) is 7.41. The molecule has 0 spiro atoms. The SMILES string of the molecule is CCc1ncnc(N2CCC(C(=O)C3CC3)CC2)c1CN(C)C(=O)c1ccc(Br)cc1. The Labute approximate surface area is 192 Å². The van der Waals surface area contributed by atoms with Crippen LogP contribution >= 0.6 is 15.9 Å². The summed E-state index contributed by atoms with van der Waals surface area (Å²) in [7, 11) is 1.82.